The lowest BCUT2D eigenvalue weighted by atomic mass is 10.1. The van der Waals surface area contributed by atoms with Crippen LogP contribution in [0.4, 0.5) is 0 Å². The molecule has 1 saturated heterocycles. The van der Waals surface area contributed by atoms with Crippen molar-refractivity contribution < 1.29 is 4.52 Å². The van der Waals surface area contributed by atoms with Crippen molar-refractivity contribution in [3.8, 4) is 11.3 Å². The summed E-state index contributed by atoms with van der Waals surface area (Å²) in [6.07, 6.45) is 0. The molecule has 108 valence electrons. The van der Waals surface area contributed by atoms with Gasteiger partial charge >= 0.3 is 0 Å². The number of piperazine rings is 1. The molecule has 1 aliphatic heterocycles. The van der Waals surface area contributed by atoms with E-state index in [1.807, 2.05) is 24.3 Å². The third-order valence-corrected chi connectivity index (χ3v) is 3.46. The molecular formula is C15H20ClN3O. The first-order chi connectivity index (χ1) is 9.31. The van der Waals surface area contributed by atoms with Crippen LogP contribution in [0.2, 0.25) is 0 Å². The van der Waals surface area contributed by atoms with Crippen LogP contribution in [0.3, 0.4) is 0 Å². The van der Waals surface area contributed by atoms with Crippen molar-refractivity contribution in [3.05, 3.63) is 42.2 Å². The number of halogens is 1. The molecule has 1 aliphatic rings. The fourth-order valence-corrected chi connectivity index (χ4v) is 2.51. The standard InChI is InChI=1S/C15H19N3O.ClH/c1-12-10-18(8-7-16-12)11-14-9-15(17-19-14)13-5-3-2-4-6-13;/h2-6,9,12,16H,7-8,10-11H2,1H3;1H. The molecule has 1 aromatic carbocycles. The molecule has 3 rings (SSSR count). The van der Waals surface area contributed by atoms with Crippen LogP contribution in [-0.4, -0.2) is 35.7 Å². The summed E-state index contributed by atoms with van der Waals surface area (Å²) in [6, 6.07) is 12.7. The number of aromatic nitrogens is 1. The fraction of sp³-hybridized carbons (Fsp3) is 0.400. The topological polar surface area (TPSA) is 41.3 Å². The van der Waals surface area contributed by atoms with Crippen LogP contribution in [0, 0.1) is 0 Å². The first-order valence-electron chi connectivity index (χ1n) is 6.78. The molecule has 0 radical (unpaired) electrons. The molecule has 1 aromatic heterocycles. The average molecular weight is 294 g/mol. The first-order valence-corrected chi connectivity index (χ1v) is 6.78. The third-order valence-electron chi connectivity index (χ3n) is 3.46. The molecule has 0 bridgehead atoms. The Morgan fingerprint density at radius 1 is 1.35 bits per heavy atom. The van der Waals surface area contributed by atoms with Gasteiger partial charge in [-0.15, -0.1) is 12.4 Å². The van der Waals surface area contributed by atoms with Gasteiger partial charge in [-0.2, -0.15) is 0 Å². The second-order valence-corrected chi connectivity index (χ2v) is 5.13. The van der Waals surface area contributed by atoms with E-state index in [4.69, 9.17) is 4.52 Å². The zero-order valence-electron chi connectivity index (χ0n) is 11.6. The number of nitrogens with zero attached hydrogens (tertiary/aromatic N) is 2. The van der Waals surface area contributed by atoms with E-state index in [9.17, 15) is 0 Å². The summed E-state index contributed by atoms with van der Waals surface area (Å²) in [4.78, 5) is 2.40. The SMILES string of the molecule is CC1CN(Cc2cc(-c3ccccc3)no2)CCN1.Cl. The molecule has 2 aromatic rings. The molecule has 0 spiro atoms. The molecular weight excluding hydrogens is 274 g/mol. The van der Waals surface area contributed by atoms with E-state index in [2.05, 4.69) is 34.4 Å². The maximum absolute atomic E-state index is 5.44. The lowest BCUT2D eigenvalue weighted by molar-refractivity contribution is 0.180. The zero-order valence-corrected chi connectivity index (χ0v) is 12.4. The van der Waals surface area contributed by atoms with E-state index in [-0.39, 0.29) is 12.4 Å². The summed E-state index contributed by atoms with van der Waals surface area (Å²) < 4.78 is 5.44. The molecule has 20 heavy (non-hydrogen) atoms. The van der Waals surface area contributed by atoms with E-state index in [0.717, 1.165) is 43.2 Å². The highest BCUT2D eigenvalue weighted by molar-refractivity contribution is 5.85. The number of benzene rings is 1. The third kappa shape index (κ3) is 3.60. The number of nitrogens with one attached hydrogen (secondary N) is 1. The van der Waals surface area contributed by atoms with Crippen molar-refractivity contribution in [1.82, 2.24) is 15.4 Å². The van der Waals surface area contributed by atoms with Gasteiger partial charge in [-0.3, -0.25) is 4.90 Å². The Labute approximate surface area is 125 Å². The van der Waals surface area contributed by atoms with E-state index in [1.165, 1.54) is 0 Å². The van der Waals surface area contributed by atoms with Gasteiger partial charge in [0.05, 0.1) is 6.54 Å². The lowest BCUT2D eigenvalue weighted by Crippen LogP contribution is -2.48. The Kier molecular flexibility index (Phi) is 5.17. The molecule has 5 heteroatoms. The first kappa shape index (κ1) is 15.0. The summed E-state index contributed by atoms with van der Waals surface area (Å²) in [5, 5.41) is 7.59. The second kappa shape index (κ2) is 6.88. The minimum atomic E-state index is 0. The Bertz CT molecular complexity index is 529. The summed E-state index contributed by atoms with van der Waals surface area (Å²) in [7, 11) is 0. The molecule has 2 heterocycles. The van der Waals surface area contributed by atoms with Gasteiger partial charge in [0.15, 0.2) is 5.76 Å². The van der Waals surface area contributed by atoms with Crippen LogP contribution in [-0.2, 0) is 6.54 Å². The highest BCUT2D eigenvalue weighted by Crippen LogP contribution is 2.19. The van der Waals surface area contributed by atoms with Crippen LogP contribution in [0.15, 0.2) is 40.9 Å². The van der Waals surface area contributed by atoms with Crippen molar-refractivity contribution >= 4 is 12.4 Å². The number of hydrogen-bond acceptors (Lipinski definition) is 4. The van der Waals surface area contributed by atoms with Crippen molar-refractivity contribution in [2.45, 2.75) is 19.5 Å². The summed E-state index contributed by atoms with van der Waals surface area (Å²) in [5.41, 5.74) is 2.02. The van der Waals surface area contributed by atoms with Gasteiger partial charge in [0, 0.05) is 37.3 Å². The van der Waals surface area contributed by atoms with Crippen molar-refractivity contribution in [2.24, 2.45) is 0 Å². The quantitative estimate of drug-likeness (QED) is 0.944. The summed E-state index contributed by atoms with van der Waals surface area (Å²) >= 11 is 0. The maximum atomic E-state index is 5.44. The van der Waals surface area contributed by atoms with Gasteiger partial charge in [-0.1, -0.05) is 35.5 Å². The zero-order chi connectivity index (χ0) is 13.1. The monoisotopic (exact) mass is 293 g/mol. The van der Waals surface area contributed by atoms with Gasteiger partial charge in [-0.05, 0) is 6.92 Å². The lowest BCUT2D eigenvalue weighted by Gasteiger charge is -2.30. The van der Waals surface area contributed by atoms with E-state index in [1.54, 1.807) is 0 Å². The molecule has 1 fully saturated rings. The van der Waals surface area contributed by atoms with Crippen LogP contribution in [0.25, 0.3) is 11.3 Å². The van der Waals surface area contributed by atoms with Crippen molar-refractivity contribution in [2.75, 3.05) is 19.6 Å². The summed E-state index contributed by atoms with van der Waals surface area (Å²) in [6.45, 7) is 6.21. The Hall–Kier alpha value is -1.36. The molecule has 1 atom stereocenters. The predicted molar refractivity (Wildman–Crippen MR) is 81.9 cm³/mol. The molecule has 1 unspecified atom stereocenters. The Morgan fingerprint density at radius 2 is 2.15 bits per heavy atom. The minimum absolute atomic E-state index is 0. The number of rotatable bonds is 3. The van der Waals surface area contributed by atoms with Gasteiger partial charge < -0.3 is 9.84 Å². The smallest absolute Gasteiger partial charge is 0.151 e. The van der Waals surface area contributed by atoms with Crippen molar-refractivity contribution in [1.29, 1.82) is 0 Å². The van der Waals surface area contributed by atoms with Gasteiger partial charge in [0.25, 0.3) is 0 Å². The largest absolute Gasteiger partial charge is 0.359 e. The van der Waals surface area contributed by atoms with Crippen LogP contribution in [0.5, 0.6) is 0 Å². The second-order valence-electron chi connectivity index (χ2n) is 5.13. The molecule has 0 saturated carbocycles. The van der Waals surface area contributed by atoms with Crippen LogP contribution < -0.4 is 5.32 Å². The van der Waals surface area contributed by atoms with E-state index >= 15 is 0 Å². The highest BCUT2D eigenvalue weighted by Gasteiger charge is 2.17. The average Bonchev–Trinajstić information content (AvgIpc) is 2.88. The van der Waals surface area contributed by atoms with E-state index in [0.29, 0.717) is 6.04 Å². The Balaban J connectivity index is 0.00000147. The van der Waals surface area contributed by atoms with Crippen LogP contribution >= 0.6 is 12.4 Å². The van der Waals surface area contributed by atoms with E-state index < -0.39 is 0 Å². The highest BCUT2D eigenvalue weighted by atomic mass is 35.5. The molecule has 4 nitrogen and oxygen atoms in total. The normalized spacial score (nSPS) is 19.6. The summed E-state index contributed by atoms with van der Waals surface area (Å²) in [5.74, 6) is 0.938. The predicted octanol–water partition coefficient (Wildman–Crippen LogP) is 2.56. The fourth-order valence-electron chi connectivity index (χ4n) is 2.51. The molecule has 0 amide bonds. The van der Waals surface area contributed by atoms with Crippen molar-refractivity contribution in [3.63, 3.8) is 0 Å². The molecule has 0 aliphatic carbocycles. The number of hydrogen-bond donors (Lipinski definition) is 1. The van der Waals surface area contributed by atoms with Gasteiger partial charge in [0.1, 0.15) is 5.69 Å². The van der Waals surface area contributed by atoms with Crippen LogP contribution in [0.1, 0.15) is 12.7 Å². The minimum Gasteiger partial charge on any atom is -0.359 e. The van der Waals surface area contributed by atoms with Gasteiger partial charge in [-0.25, -0.2) is 0 Å². The molecule has 1 N–H and O–H groups in total. The maximum Gasteiger partial charge on any atom is 0.151 e. The van der Waals surface area contributed by atoms with Gasteiger partial charge in [0.2, 0.25) is 0 Å². The Morgan fingerprint density at radius 3 is 2.90 bits per heavy atom.